The first-order valence-electron chi connectivity index (χ1n) is 8.92. The highest BCUT2D eigenvalue weighted by atomic mass is 35.5. The second kappa shape index (κ2) is 7.53. The Morgan fingerprint density at radius 1 is 1.14 bits per heavy atom. The summed E-state index contributed by atoms with van der Waals surface area (Å²) in [7, 11) is -3.27. The first-order valence-corrected chi connectivity index (χ1v) is 11.1. The Kier molecular flexibility index (Phi) is 5.06. The lowest BCUT2D eigenvalue weighted by molar-refractivity contribution is -0.122. The van der Waals surface area contributed by atoms with E-state index < -0.39 is 21.8 Å². The molecule has 4 rings (SSSR count). The highest BCUT2D eigenvalue weighted by Gasteiger charge is 2.33. The van der Waals surface area contributed by atoms with Crippen LogP contribution in [0.3, 0.4) is 0 Å². The average Bonchev–Trinajstić information content (AvgIpc) is 3.15. The first-order chi connectivity index (χ1) is 13.8. The number of benzene rings is 2. The van der Waals surface area contributed by atoms with E-state index in [1.165, 1.54) is 4.68 Å². The summed E-state index contributed by atoms with van der Waals surface area (Å²) >= 11 is 5.96. The van der Waals surface area contributed by atoms with Crippen molar-refractivity contribution < 1.29 is 17.9 Å². The summed E-state index contributed by atoms with van der Waals surface area (Å²) in [6.45, 7) is 1.63. The Labute approximate surface area is 173 Å². The number of ether oxygens (including phenoxy) is 1. The van der Waals surface area contributed by atoms with E-state index in [1.54, 1.807) is 43.3 Å². The zero-order chi connectivity index (χ0) is 20.6. The van der Waals surface area contributed by atoms with Crippen molar-refractivity contribution in [2.45, 2.75) is 24.5 Å². The number of hydrogen-bond acceptors (Lipinski definition) is 5. The smallest absolute Gasteiger partial charge is 0.266 e. The third-order valence-electron chi connectivity index (χ3n) is 4.53. The fourth-order valence-corrected chi connectivity index (χ4v) is 4.73. The Balaban J connectivity index is 1.65. The van der Waals surface area contributed by atoms with Crippen molar-refractivity contribution >= 4 is 33.2 Å². The summed E-state index contributed by atoms with van der Waals surface area (Å²) in [6, 6.07) is 15.9. The van der Waals surface area contributed by atoms with Gasteiger partial charge in [-0.3, -0.25) is 4.79 Å². The summed E-state index contributed by atoms with van der Waals surface area (Å²) in [5.41, 5.74) is 1.60. The topological polar surface area (TPSA) is 90.3 Å². The van der Waals surface area contributed by atoms with Crippen molar-refractivity contribution in [3.8, 4) is 11.4 Å². The van der Waals surface area contributed by atoms with Crippen molar-refractivity contribution in [3.05, 3.63) is 70.9 Å². The number of nitrogens with zero attached hydrogens (tertiary/aromatic N) is 2. The molecule has 1 amide bonds. The second-order valence-corrected chi connectivity index (χ2v) is 9.26. The lowest BCUT2D eigenvalue weighted by Gasteiger charge is -2.16. The van der Waals surface area contributed by atoms with Gasteiger partial charge in [0, 0.05) is 10.6 Å². The molecule has 0 spiro atoms. The van der Waals surface area contributed by atoms with E-state index >= 15 is 0 Å². The number of amides is 1. The predicted octanol–water partition coefficient (Wildman–Crippen LogP) is 3.36. The zero-order valence-corrected chi connectivity index (χ0v) is 17.1. The van der Waals surface area contributed by atoms with Crippen LogP contribution in [0.5, 0.6) is 5.75 Å². The third kappa shape index (κ3) is 4.13. The minimum absolute atomic E-state index is 0.151. The van der Waals surface area contributed by atoms with E-state index in [0.29, 0.717) is 33.5 Å². The van der Waals surface area contributed by atoms with E-state index in [1.807, 2.05) is 18.2 Å². The molecular formula is C20H18ClN3O4S. The van der Waals surface area contributed by atoms with Gasteiger partial charge in [-0.15, -0.1) is 0 Å². The SMILES string of the molecule is C[C@H](Oc1ccccc1)C(=O)Nc1c2c(nn1-c1ccc(Cl)cc1)CS(=O)(=O)C2. The van der Waals surface area contributed by atoms with Crippen LogP contribution in [-0.2, 0) is 26.1 Å². The molecule has 0 fully saturated rings. The number of sulfone groups is 1. The highest BCUT2D eigenvalue weighted by molar-refractivity contribution is 7.90. The largest absolute Gasteiger partial charge is 0.481 e. The number of para-hydroxylation sites is 1. The van der Waals surface area contributed by atoms with Gasteiger partial charge < -0.3 is 10.1 Å². The number of hydrogen-bond donors (Lipinski definition) is 1. The molecule has 0 radical (unpaired) electrons. The van der Waals surface area contributed by atoms with Crippen molar-refractivity contribution in [1.82, 2.24) is 9.78 Å². The standard InChI is InChI=1S/C20H18ClN3O4S/c1-13(28-16-5-3-2-4-6-16)20(25)22-19-17-11-29(26,27)12-18(17)23-24(19)15-9-7-14(21)8-10-15/h2-10,13H,11-12H2,1H3,(H,22,25)/t13-/m0/s1. The minimum atomic E-state index is -3.27. The quantitative estimate of drug-likeness (QED) is 0.669. The van der Waals surface area contributed by atoms with Gasteiger partial charge in [-0.25, -0.2) is 13.1 Å². The van der Waals surface area contributed by atoms with Crippen LogP contribution in [0.15, 0.2) is 54.6 Å². The summed E-state index contributed by atoms with van der Waals surface area (Å²) in [4.78, 5) is 12.8. The van der Waals surface area contributed by atoms with E-state index in [4.69, 9.17) is 16.3 Å². The van der Waals surface area contributed by atoms with Gasteiger partial charge in [0.1, 0.15) is 11.6 Å². The number of fused-ring (bicyclic) bond motifs is 1. The molecule has 1 aromatic heterocycles. The fraction of sp³-hybridized carbons (Fsp3) is 0.200. The summed E-state index contributed by atoms with van der Waals surface area (Å²) in [5, 5.41) is 7.78. The number of anilines is 1. The van der Waals surface area contributed by atoms with Gasteiger partial charge >= 0.3 is 0 Å². The van der Waals surface area contributed by atoms with Gasteiger partial charge in [0.05, 0.1) is 22.9 Å². The van der Waals surface area contributed by atoms with Gasteiger partial charge in [0.2, 0.25) is 0 Å². The monoisotopic (exact) mass is 431 g/mol. The predicted molar refractivity (Wildman–Crippen MR) is 110 cm³/mol. The molecule has 1 aliphatic heterocycles. The van der Waals surface area contributed by atoms with Gasteiger partial charge in [0.25, 0.3) is 5.91 Å². The van der Waals surface area contributed by atoms with Crippen LogP contribution < -0.4 is 10.1 Å². The van der Waals surface area contributed by atoms with Gasteiger partial charge in [-0.2, -0.15) is 5.10 Å². The number of aromatic nitrogens is 2. The van der Waals surface area contributed by atoms with E-state index in [-0.39, 0.29) is 11.5 Å². The number of halogens is 1. The maximum Gasteiger partial charge on any atom is 0.266 e. The first kappa shape index (κ1) is 19.5. The zero-order valence-electron chi connectivity index (χ0n) is 15.5. The maximum absolute atomic E-state index is 12.8. The molecule has 0 saturated carbocycles. The Morgan fingerprint density at radius 2 is 1.83 bits per heavy atom. The molecule has 0 unspecified atom stereocenters. The second-order valence-electron chi connectivity index (χ2n) is 6.76. The van der Waals surface area contributed by atoms with E-state index in [2.05, 4.69) is 10.4 Å². The highest BCUT2D eigenvalue weighted by Crippen LogP contribution is 2.33. The number of rotatable bonds is 5. The third-order valence-corrected chi connectivity index (χ3v) is 6.22. The van der Waals surface area contributed by atoms with E-state index in [9.17, 15) is 13.2 Å². The molecular weight excluding hydrogens is 414 g/mol. The van der Waals surface area contributed by atoms with Crippen LogP contribution in [0, 0.1) is 0 Å². The Morgan fingerprint density at radius 3 is 2.52 bits per heavy atom. The molecule has 0 bridgehead atoms. The van der Waals surface area contributed by atoms with Gasteiger partial charge in [0.15, 0.2) is 15.9 Å². The van der Waals surface area contributed by atoms with Crippen LogP contribution >= 0.6 is 11.6 Å². The molecule has 2 aromatic carbocycles. The molecule has 9 heteroatoms. The van der Waals surface area contributed by atoms with Crippen LogP contribution in [0.4, 0.5) is 5.82 Å². The lowest BCUT2D eigenvalue weighted by Crippen LogP contribution is -2.31. The molecule has 1 N–H and O–H groups in total. The Bertz CT molecular complexity index is 1160. The summed E-state index contributed by atoms with van der Waals surface area (Å²) in [6.07, 6.45) is -0.792. The Hall–Kier alpha value is -2.84. The fourth-order valence-electron chi connectivity index (χ4n) is 3.12. The van der Waals surface area contributed by atoms with Crippen LogP contribution in [0.25, 0.3) is 5.69 Å². The van der Waals surface area contributed by atoms with Crippen LogP contribution in [0.2, 0.25) is 5.02 Å². The molecule has 0 saturated heterocycles. The summed E-state index contributed by atoms with van der Waals surface area (Å²) in [5.74, 6) is 0.170. The molecule has 150 valence electrons. The van der Waals surface area contributed by atoms with Gasteiger partial charge in [-0.1, -0.05) is 29.8 Å². The molecule has 29 heavy (non-hydrogen) atoms. The summed E-state index contributed by atoms with van der Waals surface area (Å²) < 4.78 is 31.3. The number of carbonyl (C=O) groups excluding carboxylic acids is 1. The molecule has 0 aliphatic carbocycles. The van der Waals surface area contributed by atoms with Crippen molar-refractivity contribution in [1.29, 1.82) is 0 Å². The van der Waals surface area contributed by atoms with E-state index in [0.717, 1.165) is 0 Å². The average molecular weight is 432 g/mol. The molecule has 2 heterocycles. The van der Waals surface area contributed by atoms with Crippen LogP contribution in [-0.4, -0.2) is 30.2 Å². The number of carbonyl (C=O) groups is 1. The van der Waals surface area contributed by atoms with Crippen molar-refractivity contribution in [3.63, 3.8) is 0 Å². The van der Waals surface area contributed by atoms with Crippen LogP contribution in [0.1, 0.15) is 18.2 Å². The maximum atomic E-state index is 12.8. The lowest BCUT2D eigenvalue weighted by atomic mass is 10.2. The van der Waals surface area contributed by atoms with Gasteiger partial charge in [-0.05, 0) is 43.3 Å². The molecule has 1 aliphatic rings. The molecule has 3 aromatic rings. The molecule has 1 atom stereocenters. The minimum Gasteiger partial charge on any atom is -0.481 e. The number of nitrogens with one attached hydrogen (secondary N) is 1. The normalized spacial score (nSPS) is 15.5. The molecule has 7 nitrogen and oxygen atoms in total. The van der Waals surface area contributed by atoms with Crippen molar-refractivity contribution in [2.75, 3.05) is 5.32 Å². The van der Waals surface area contributed by atoms with Crippen molar-refractivity contribution in [2.24, 2.45) is 0 Å².